The molecule has 0 bridgehead atoms. The van der Waals surface area contributed by atoms with E-state index in [4.69, 9.17) is 16.0 Å². The summed E-state index contributed by atoms with van der Waals surface area (Å²) in [5.41, 5.74) is 1.81. The molecule has 2 aliphatic rings. The van der Waals surface area contributed by atoms with Crippen LogP contribution in [-0.4, -0.2) is 10.4 Å². The van der Waals surface area contributed by atoms with Gasteiger partial charge in [-0.25, -0.2) is 4.98 Å². The Kier molecular flexibility index (Phi) is 2.41. The quantitative estimate of drug-likeness (QED) is 0.780. The second-order valence-electron chi connectivity index (χ2n) is 5.63. The van der Waals surface area contributed by atoms with Gasteiger partial charge in [-0.3, -0.25) is 0 Å². The molecule has 4 rings (SSSR count). The Balaban J connectivity index is 1.50. The van der Waals surface area contributed by atoms with E-state index in [1.807, 2.05) is 24.3 Å². The van der Waals surface area contributed by atoms with Gasteiger partial charge in [0.05, 0.1) is 0 Å². The van der Waals surface area contributed by atoms with Crippen molar-refractivity contribution in [3.63, 3.8) is 0 Å². The van der Waals surface area contributed by atoms with Gasteiger partial charge in [-0.2, -0.15) is 0 Å². The fourth-order valence-corrected chi connectivity index (χ4v) is 4.23. The van der Waals surface area contributed by atoms with Crippen LogP contribution >= 0.6 is 11.6 Å². The Labute approximate surface area is 111 Å². The fraction of sp³-hybridized carbons (Fsp3) is 0.533. The highest BCUT2D eigenvalue weighted by atomic mass is 35.5. The van der Waals surface area contributed by atoms with E-state index < -0.39 is 0 Å². The van der Waals surface area contributed by atoms with Crippen LogP contribution in [0.2, 0.25) is 0 Å². The third-order valence-corrected chi connectivity index (χ3v) is 5.04. The molecule has 0 aliphatic heterocycles. The molecule has 2 nitrogen and oxygen atoms in total. The zero-order chi connectivity index (χ0) is 12.1. The molecule has 0 radical (unpaired) electrons. The molecule has 1 heterocycles. The van der Waals surface area contributed by atoms with E-state index in [2.05, 4.69) is 4.98 Å². The number of alkyl halides is 1. The van der Waals surface area contributed by atoms with Crippen molar-refractivity contribution in [3.8, 4) is 0 Å². The van der Waals surface area contributed by atoms with E-state index >= 15 is 0 Å². The number of hydrogen-bond acceptors (Lipinski definition) is 2. The van der Waals surface area contributed by atoms with Gasteiger partial charge in [0.25, 0.3) is 0 Å². The second-order valence-corrected chi connectivity index (χ2v) is 6.19. The van der Waals surface area contributed by atoms with Gasteiger partial charge in [-0.05, 0) is 42.7 Å². The summed E-state index contributed by atoms with van der Waals surface area (Å²) in [6.07, 6.45) is 4.93. The van der Waals surface area contributed by atoms with Crippen LogP contribution in [0.25, 0.3) is 11.1 Å². The van der Waals surface area contributed by atoms with E-state index in [9.17, 15) is 0 Å². The standard InChI is InChI=1S/C15H16ClNO/c16-11(15-9-4-3-5-10(9)15)8-14-17-12-6-1-2-7-13(12)18-14/h1-2,6-7,9-11,15H,3-5,8H2. The molecule has 3 unspecified atom stereocenters. The van der Waals surface area contributed by atoms with Crippen molar-refractivity contribution in [2.24, 2.45) is 17.8 Å². The molecule has 3 atom stereocenters. The zero-order valence-electron chi connectivity index (χ0n) is 10.2. The van der Waals surface area contributed by atoms with Gasteiger partial charge in [-0.1, -0.05) is 18.6 Å². The van der Waals surface area contributed by atoms with Crippen LogP contribution in [0.3, 0.4) is 0 Å². The molecular formula is C15H16ClNO. The Morgan fingerprint density at radius 1 is 1.28 bits per heavy atom. The number of hydrogen-bond donors (Lipinski definition) is 0. The van der Waals surface area contributed by atoms with Crippen LogP contribution in [0.4, 0.5) is 0 Å². The molecule has 2 saturated carbocycles. The van der Waals surface area contributed by atoms with Crippen LogP contribution in [-0.2, 0) is 6.42 Å². The van der Waals surface area contributed by atoms with E-state index in [-0.39, 0.29) is 5.38 Å². The first-order valence-electron chi connectivity index (χ1n) is 6.81. The molecule has 94 valence electrons. The lowest BCUT2D eigenvalue weighted by atomic mass is 10.1. The topological polar surface area (TPSA) is 26.0 Å². The number of para-hydroxylation sites is 2. The monoisotopic (exact) mass is 261 g/mol. The lowest BCUT2D eigenvalue weighted by Crippen LogP contribution is -2.10. The minimum atomic E-state index is 0.202. The third kappa shape index (κ3) is 1.66. The Morgan fingerprint density at radius 3 is 2.83 bits per heavy atom. The van der Waals surface area contributed by atoms with Gasteiger partial charge in [0, 0.05) is 11.8 Å². The van der Waals surface area contributed by atoms with Crippen LogP contribution in [0.15, 0.2) is 28.7 Å². The first-order valence-corrected chi connectivity index (χ1v) is 7.25. The second kappa shape index (κ2) is 3.99. The molecule has 3 heteroatoms. The average molecular weight is 262 g/mol. The number of oxazole rings is 1. The molecule has 1 aromatic carbocycles. The number of aromatic nitrogens is 1. The predicted molar refractivity (Wildman–Crippen MR) is 71.7 cm³/mol. The Hall–Kier alpha value is -1.02. The van der Waals surface area contributed by atoms with Crippen LogP contribution < -0.4 is 0 Å². The normalized spacial score (nSPS) is 31.5. The SMILES string of the molecule is ClC(Cc1nc2ccccc2o1)C1C2CCCC21. The van der Waals surface area contributed by atoms with Crippen LogP contribution in [0, 0.1) is 17.8 Å². The summed E-state index contributed by atoms with van der Waals surface area (Å²) in [5.74, 6) is 3.31. The maximum atomic E-state index is 6.54. The lowest BCUT2D eigenvalue weighted by Gasteiger charge is -2.08. The Bertz CT molecular complexity index is 536. The first-order chi connectivity index (χ1) is 8.83. The predicted octanol–water partition coefficient (Wildman–Crippen LogP) is 4.02. The van der Waals surface area contributed by atoms with Gasteiger partial charge < -0.3 is 4.42 Å². The van der Waals surface area contributed by atoms with Crippen molar-refractivity contribution in [1.29, 1.82) is 0 Å². The zero-order valence-corrected chi connectivity index (χ0v) is 10.9. The first kappa shape index (κ1) is 10.9. The summed E-state index contributed by atoms with van der Waals surface area (Å²) in [5, 5.41) is 0.202. The van der Waals surface area contributed by atoms with Crippen molar-refractivity contribution in [3.05, 3.63) is 30.2 Å². The summed E-state index contributed by atoms with van der Waals surface area (Å²) in [4.78, 5) is 4.51. The minimum Gasteiger partial charge on any atom is -0.441 e. The van der Waals surface area contributed by atoms with Gasteiger partial charge in [0.15, 0.2) is 11.5 Å². The highest BCUT2D eigenvalue weighted by Crippen LogP contribution is 2.60. The molecule has 0 amide bonds. The number of nitrogens with zero attached hydrogens (tertiary/aromatic N) is 1. The molecule has 2 fully saturated rings. The number of rotatable bonds is 3. The maximum Gasteiger partial charge on any atom is 0.196 e. The minimum absolute atomic E-state index is 0.202. The summed E-state index contributed by atoms with van der Waals surface area (Å²) < 4.78 is 5.74. The molecule has 1 aromatic heterocycles. The molecule has 2 aromatic rings. The molecule has 0 spiro atoms. The van der Waals surface area contributed by atoms with Crippen molar-refractivity contribution < 1.29 is 4.42 Å². The van der Waals surface area contributed by atoms with Crippen molar-refractivity contribution in [2.45, 2.75) is 31.1 Å². The molecule has 2 aliphatic carbocycles. The van der Waals surface area contributed by atoms with E-state index in [1.54, 1.807) is 0 Å². The summed E-state index contributed by atoms with van der Waals surface area (Å²) in [6.45, 7) is 0. The third-order valence-electron chi connectivity index (χ3n) is 4.60. The lowest BCUT2D eigenvalue weighted by molar-refractivity contribution is 0.486. The van der Waals surface area contributed by atoms with Gasteiger partial charge >= 0.3 is 0 Å². The van der Waals surface area contributed by atoms with E-state index in [0.717, 1.165) is 41.2 Å². The van der Waals surface area contributed by atoms with Gasteiger partial charge in [0.1, 0.15) is 5.52 Å². The van der Waals surface area contributed by atoms with Crippen LogP contribution in [0.5, 0.6) is 0 Å². The van der Waals surface area contributed by atoms with E-state index in [0.29, 0.717) is 0 Å². The van der Waals surface area contributed by atoms with Crippen LogP contribution in [0.1, 0.15) is 25.2 Å². The number of halogens is 1. The highest BCUT2D eigenvalue weighted by Gasteiger charge is 2.55. The molecule has 0 N–H and O–H groups in total. The number of benzene rings is 1. The summed E-state index contributed by atoms with van der Waals surface area (Å²) in [6, 6.07) is 7.90. The molecule has 0 saturated heterocycles. The summed E-state index contributed by atoms with van der Waals surface area (Å²) in [7, 11) is 0. The maximum absolute atomic E-state index is 6.54. The van der Waals surface area contributed by atoms with E-state index in [1.165, 1.54) is 19.3 Å². The highest BCUT2D eigenvalue weighted by molar-refractivity contribution is 6.21. The average Bonchev–Trinajstić information content (AvgIpc) is 2.77. The number of fused-ring (bicyclic) bond motifs is 2. The van der Waals surface area contributed by atoms with Crippen molar-refractivity contribution in [2.75, 3.05) is 0 Å². The van der Waals surface area contributed by atoms with Crippen molar-refractivity contribution in [1.82, 2.24) is 4.98 Å². The smallest absolute Gasteiger partial charge is 0.196 e. The fourth-order valence-electron chi connectivity index (χ4n) is 3.72. The largest absolute Gasteiger partial charge is 0.441 e. The van der Waals surface area contributed by atoms with Crippen molar-refractivity contribution >= 4 is 22.7 Å². The van der Waals surface area contributed by atoms with Gasteiger partial charge in [-0.15, -0.1) is 11.6 Å². The van der Waals surface area contributed by atoms with Gasteiger partial charge in [0.2, 0.25) is 0 Å². The molecule has 18 heavy (non-hydrogen) atoms. The molecular weight excluding hydrogens is 246 g/mol. The summed E-state index contributed by atoms with van der Waals surface area (Å²) >= 11 is 6.54. The Morgan fingerprint density at radius 2 is 2.06 bits per heavy atom.